The van der Waals surface area contributed by atoms with E-state index in [9.17, 15) is 31.9 Å². The van der Waals surface area contributed by atoms with Crippen LogP contribution in [0.25, 0.3) is 11.3 Å². The van der Waals surface area contributed by atoms with E-state index in [-0.39, 0.29) is 17.0 Å². The number of nitrogens with zero attached hydrogens (tertiary/aromatic N) is 2. The van der Waals surface area contributed by atoms with E-state index < -0.39 is 46.4 Å². The van der Waals surface area contributed by atoms with Crippen molar-refractivity contribution in [3.8, 4) is 17.0 Å². The lowest BCUT2D eigenvalue weighted by molar-refractivity contribution is -0.137. The fourth-order valence-electron chi connectivity index (χ4n) is 4.16. The standard InChI is InChI=1S/C25H19ClF5N3O3/c1-24(12-6-5-9-18(24)32-23(35)36)19-20(22(27)28)33-34(21(19)14-7-3-2-4-8-14)37-17-11-10-15(13-16(17)26)25(29,30)31/h2-13,18,22,32H,1H3,(H,35,36). The molecule has 2 N–H and O–H groups in total. The van der Waals surface area contributed by atoms with Gasteiger partial charge in [0.2, 0.25) is 0 Å². The van der Waals surface area contributed by atoms with Crippen LogP contribution in [-0.2, 0) is 11.6 Å². The lowest BCUT2D eigenvalue weighted by Gasteiger charge is -2.36. The summed E-state index contributed by atoms with van der Waals surface area (Å²) in [5, 5.41) is 15.2. The number of aromatic nitrogens is 2. The minimum absolute atomic E-state index is 0.0314. The lowest BCUT2D eigenvalue weighted by atomic mass is 9.72. The summed E-state index contributed by atoms with van der Waals surface area (Å²) in [4.78, 5) is 17.9. The Balaban J connectivity index is 1.94. The number of halogens is 6. The minimum Gasteiger partial charge on any atom is -0.465 e. The van der Waals surface area contributed by atoms with Crippen LogP contribution in [0.2, 0.25) is 5.02 Å². The molecule has 1 aromatic heterocycles. The Morgan fingerprint density at radius 2 is 1.89 bits per heavy atom. The molecule has 1 aliphatic rings. The third-order valence-electron chi connectivity index (χ3n) is 5.90. The molecule has 0 saturated heterocycles. The van der Waals surface area contributed by atoms with Crippen LogP contribution in [0.3, 0.4) is 0 Å². The second-order valence-electron chi connectivity index (χ2n) is 8.34. The first-order chi connectivity index (χ1) is 17.4. The van der Waals surface area contributed by atoms with Crippen molar-refractivity contribution >= 4 is 17.7 Å². The van der Waals surface area contributed by atoms with Gasteiger partial charge in [0.05, 0.1) is 16.6 Å². The molecular weight excluding hydrogens is 521 g/mol. The van der Waals surface area contributed by atoms with Crippen molar-refractivity contribution < 1.29 is 36.7 Å². The van der Waals surface area contributed by atoms with E-state index in [4.69, 9.17) is 16.4 Å². The molecule has 6 nitrogen and oxygen atoms in total. The molecule has 37 heavy (non-hydrogen) atoms. The van der Waals surface area contributed by atoms with E-state index >= 15 is 0 Å². The van der Waals surface area contributed by atoms with E-state index in [2.05, 4.69) is 10.4 Å². The molecule has 0 saturated carbocycles. The Bertz CT molecular complexity index is 1370. The molecule has 2 aromatic carbocycles. The number of alkyl halides is 5. The van der Waals surface area contributed by atoms with Crippen LogP contribution in [-0.4, -0.2) is 27.2 Å². The number of allylic oxidation sites excluding steroid dienone is 2. The summed E-state index contributed by atoms with van der Waals surface area (Å²) in [5.74, 6) is -0.258. The van der Waals surface area contributed by atoms with E-state index in [0.29, 0.717) is 11.6 Å². The summed E-state index contributed by atoms with van der Waals surface area (Å²) < 4.78 is 68.0. The Morgan fingerprint density at radius 1 is 1.19 bits per heavy atom. The first-order valence-corrected chi connectivity index (χ1v) is 11.2. The van der Waals surface area contributed by atoms with Gasteiger partial charge in [-0.15, -0.1) is 5.10 Å². The van der Waals surface area contributed by atoms with Gasteiger partial charge in [-0.3, -0.25) is 0 Å². The van der Waals surface area contributed by atoms with Crippen LogP contribution in [0, 0.1) is 0 Å². The molecule has 0 fully saturated rings. The molecule has 2 atom stereocenters. The molecule has 1 amide bonds. The number of benzene rings is 2. The fraction of sp³-hybridized carbons (Fsp3) is 0.200. The number of carboxylic acid groups (broad SMARTS) is 1. The van der Waals surface area contributed by atoms with Gasteiger partial charge in [0, 0.05) is 16.5 Å². The van der Waals surface area contributed by atoms with Gasteiger partial charge in [-0.05, 0) is 25.1 Å². The maximum atomic E-state index is 14.4. The molecule has 4 rings (SSSR count). The first kappa shape index (κ1) is 26.2. The molecule has 0 aliphatic heterocycles. The minimum atomic E-state index is -4.65. The van der Waals surface area contributed by atoms with Crippen molar-refractivity contribution in [3.63, 3.8) is 0 Å². The number of hydrogen-bond acceptors (Lipinski definition) is 3. The summed E-state index contributed by atoms with van der Waals surface area (Å²) in [6, 6.07) is 9.61. The van der Waals surface area contributed by atoms with Crippen LogP contribution in [0.15, 0.2) is 72.8 Å². The van der Waals surface area contributed by atoms with Crippen LogP contribution in [0.5, 0.6) is 5.75 Å². The zero-order valence-corrected chi connectivity index (χ0v) is 19.8. The molecule has 0 bridgehead atoms. The number of nitrogens with one attached hydrogen (secondary N) is 1. The average Bonchev–Trinajstić information content (AvgIpc) is 3.22. The van der Waals surface area contributed by atoms with Gasteiger partial charge in [0.1, 0.15) is 11.4 Å². The highest BCUT2D eigenvalue weighted by molar-refractivity contribution is 6.32. The Morgan fingerprint density at radius 3 is 2.49 bits per heavy atom. The van der Waals surface area contributed by atoms with Gasteiger partial charge in [-0.25, -0.2) is 13.6 Å². The number of hydrogen-bond donors (Lipinski definition) is 2. The van der Waals surface area contributed by atoms with E-state index in [1.807, 2.05) is 0 Å². The smallest absolute Gasteiger partial charge is 0.416 e. The summed E-state index contributed by atoms with van der Waals surface area (Å²) >= 11 is 6.04. The molecule has 1 heterocycles. The molecule has 194 valence electrons. The van der Waals surface area contributed by atoms with Gasteiger partial charge in [0.25, 0.3) is 6.43 Å². The number of amides is 1. The van der Waals surface area contributed by atoms with Crippen molar-refractivity contribution in [1.82, 2.24) is 15.3 Å². The van der Waals surface area contributed by atoms with Gasteiger partial charge in [-0.1, -0.05) is 71.1 Å². The van der Waals surface area contributed by atoms with Gasteiger partial charge >= 0.3 is 12.3 Å². The quantitative estimate of drug-likeness (QED) is 0.330. The summed E-state index contributed by atoms with van der Waals surface area (Å²) in [7, 11) is 0. The normalized spacial score (nSPS) is 19.3. The highest BCUT2D eigenvalue weighted by Crippen LogP contribution is 2.44. The Hall–Kier alpha value is -3.86. The van der Waals surface area contributed by atoms with Crippen molar-refractivity contribution in [2.75, 3.05) is 0 Å². The van der Waals surface area contributed by atoms with E-state index in [0.717, 1.165) is 17.0 Å². The summed E-state index contributed by atoms with van der Waals surface area (Å²) in [6.45, 7) is 1.57. The highest BCUT2D eigenvalue weighted by atomic mass is 35.5. The van der Waals surface area contributed by atoms with Crippen LogP contribution in [0.1, 0.15) is 30.2 Å². The molecule has 12 heteroatoms. The number of rotatable bonds is 6. The van der Waals surface area contributed by atoms with Crippen LogP contribution in [0.4, 0.5) is 26.7 Å². The predicted octanol–water partition coefficient (Wildman–Crippen LogP) is 7.02. The highest BCUT2D eigenvalue weighted by Gasteiger charge is 2.43. The molecule has 3 aromatic rings. The molecule has 0 radical (unpaired) electrons. The van der Waals surface area contributed by atoms with Gasteiger partial charge in [0.15, 0.2) is 5.75 Å². The molecule has 2 unspecified atom stereocenters. The maximum absolute atomic E-state index is 14.4. The summed E-state index contributed by atoms with van der Waals surface area (Å²) in [5.41, 5.74) is -2.66. The van der Waals surface area contributed by atoms with Crippen molar-refractivity contribution in [1.29, 1.82) is 0 Å². The lowest BCUT2D eigenvalue weighted by Crippen LogP contribution is -2.47. The SMILES string of the molecule is CC1(c2c(C(F)F)nn(Oc3ccc(C(F)(F)F)cc3Cl)c2-c2ccccc2)C=CC=CC1NC(=O)O. The topological polar surface area (TPSA) is 76.4 Å². The fourth-order valence-corrected chi connectivity index (χ4v) is 4.38. The second-order valence-corrected chi connectivity index (χ2v) is 8.74. The van der Waals surface area contributed by atoms with Gasteiger partial charge < -0.3 is 15.3 Å². The third kappa shape index (κ3) is 5.17. The van der Waals surface area contributed by atoms with Crippen LogP contribution >= 0.6 is 11.6 Å². The average molecular weight is 540 g/mol. The zero-order chi connectivity index (χ0) is 27.0. The number of carbonyl (C=O) groups is 1. The van der Waals surface area contributed by atoms with Gasteiger partial charge in [-0.2, -0.15) is 13.2 Å². The summed E-state index contributed by atoms with van der Waals surface area (Å²) in [6.07, 6.45) is -2.87. The second kappa shape index (κ2) is 9.89. The van der Waals surface area contributed by atoms with Crippen molar-refractivity contribution in [2.45, 2.75) is 31.0 Å². The van der Waals surface area contributed by atoms with Crippen LogP contribution < -0.4 is 10.2 Å². The third-order valence-corrected chi connectivity index (χ3v) is 6.20. The molecule has 0 spiro atoms. The first-order valence-electron chi connectivity index (χ1n) is 10.8. The Labute approximate surface area is 212 Å². The van der Waals surface area contributed by atoms with E-state index in [1.165, 1.54) is 6.08 Å². The zero-order valence-electron chi connectivity index (χ0n) is 19.0. The monoisotopic (exact) mass is 539 g/mol. The largest absolute Gasteiger partial charge is 0.465 e. The van der Waals surface area contributed by atoms with Crippen molar-refractivity contribution in [2.24, 2.45) is 0 Å². The maximum Gasteiger partial charge on any atom is 0.416 e. The predicted molar refractivity (Wildman–Crippen MR) is 126 cm³/mol. The Kier molecular flexibility index (Phi) is 7.00. The van der Waals surface area contributed by atoms with E-state index in [1.54, 1.807) is 55.5 Å². The van der Waals surface area contributed by atoms with Crippen molar-refractivity contribution in [3.05, 3.63) is 94.7 Å². The molecule has 1 aliphatic carbocycles. The molecular formula is C25H19ClF5N3O3.